The normalized spacial score (nSPS) is 11.7. The molecule has 4 heteroatoms. The number of unbranched alkanes of at least 4 members (excludes halogenated alkanes) is 4. The quantitative estimate of drug-likeness (QED) is 0.230. The lowest BCUT2D eigenvalue weighted by Crippen LogP contribution is -2.49. The number of aryl methyl sites for hydroxylation is 1. The maximum Gasteiger partial charge on any atom is 0.277 e. The van der Waals surface area contributed by atoms with Gasteiger partial charge in [-0.2, -0.15) is 0 Å². The van der Waals surface area contributed by atoms with E-state index in [2.05, 4.69) is 71.8 Å². The van der Waals surface area contributed by atoms with Gasteiger partial charge in [0.05, 0.1) is 27.2 Å². The lowest BCUT2D eigenvalue weighted by atomic mass is 10.0. The monoisotopic (exact) mass is 433 g/mol. The highest BCUT2D eigenvalue weighted by molar-refractivity contribution is 5.77. The van der Waals surface area contributed by atoms with Crippen molar-refractivity contribution in [2.45, 2.75) is 85.5 Å². The second-order valence-electron chi connectivity index (χ2n) is 10.0. The maximum absolute atomic E-state index is 12.9. The van der Waals surface area contributed by atoms with Gasteiger partial charge < -0.3 is 14.1 Å². The molecular weight excluding hydrogens is 384 g/mol. The molecule has 0 fully saturated rings. The fourth-order valence-corrected chi connectivity index (χ4v) is 3.85. The van der Waals surface area contributed by atoms with E-state index in [-0.39, 0.29) is 0 Å². The lowest BCUT2D eigenvalue weighted by Gasteiger charge is -2.32. The number of likely N-dealkylation sites (N-methyl/N-ethyl adjacent to an activating group) is 1. The number of rotatable bonds is 16. The number of hydrogen-bond acceptors (Lipinski definition) is 2. The zero-order chi connectivity index (χ0) is 23.3. The summed E-state index contributed by atoms with van der Waals surface area (Å²) in [4.78, 5) is 15.0. The largest absolute Gasteiger partial charge is 0.493 e. The fourth-order valence-electron chi connectivity index (χ4n) is 3.85. The van der Waals surface area contributed by atoms with Crippen LogP contribution in [0.25, 0.3) is 0 Å². The average molecular weight is 434 g/mol. The fraction of sp³-hybridized carbons (Fsp3) is 0.741. The average Bonchev–Trinajstić information content (AvgIpc) is 2.70. The van der Waals surface area contributed by atoms with Crippen LogP contribution >= 0.6 is 0 Å². The van der Waals surface area contributed by atoms with Crippen molar-refractivity contribution in [1.29, 1.82) is 0 Å². The predicted molar refractivity (Wildman–Crippen MR) is 133 cm³/mol. The first-order valence-corrected chi connectivity index (χ1v) is 12.5. The zero-order valence-electron chi connectivity index (χ0n) is 21.5. The summed E-state index contributed by atoms with van der Waals surface area (Å²) >= 11 is 0. The number of quaternary nitrogens is 1. The van der Waals surface area contributed by atoms with Gasteiger partial charge in [-0.25, -0.2) is 0 Å². The minimum absolute atomic E-state index is 0.316. The molecule has 1 aromatic rings. The highest BCUT2D eigenvalue weighted by atomic mass is 16.5. The van der Waals surface area contributed by atoms with Crippen molar-refractivity contribution in [2.75, 3.05) is 46.9 Å². The van der Waals surface area contributed by atoms with Crippen LogP contribution in [0.2, 0.25) is 0 Å². The Morgan fingerprint density at radius 3 is 2.23 bits per heavy atom. The second-order valence-corrected chi connectivity index (χ2v) is 10.0. The van der Waals surface area contributed by atoms with Crippen molar-refractivity contribution in [2.24, 2.45) is 0 Å². The van der Waals surface area contributed by atoms with E-state index in [0.717, 1.165) is 81.4 Å². The third kappa shape index (κ3) is 11.0. The van der Waals surface area contributed by atoms with Crippen LogP contribution in [0.4, 0.5) is 0 Å². The molecule has 1 rings (SSSR count). The van der Waals surface area contributed by atoms with E-state index in [1.807, 2.05) is 0 Å². The Balaban J connectivity index is 2.39. The number of benzene rings is 1. The van der Waals surface area contributed by atoms with E-state index >= 15 is 0 Å². The number of nitrogens with zero attached hydrogens (tertiary/aromatic N) is 2. The minimum atomic E-state index is 0.316. The van der Waals surface area contributed by atoms with Crippen LogP contribution in [0.5, 0.6) is 5.75 Å². The van der Waals surface area contributed by atoms with Gasteiger partial charge in [-0.05, 0) is 62.1 Å². The second kappa shape index (κ2) is 14.5. The summed E-state index contributed by atoms with van der Waals surface area (Å²) in [7, 11) is 4.38. The van der Waals surface area contributed by atoms with Crippen LogP contribution < -0.4 is 4.74 Å². The van der Waals surface area contributed by atoms with Gasteiger partial charge in [-0.1, -0.05) is 52.7 Å². The number of carbonyl (C=O) groups is 1. The van der Waals surface area contributed by atoms with Crippen molar-refractivity contribution < 1.29 is 14.0 Å². The first kappa shape index (κ1) is 27.5. The SMILES string of the molecule is CCCCN(CCCC)C(=O)C[N+](C)(C)CCCCCOc1cc(C)ccc1C(C)C. The summed E-state index contributed by atoms with van der Waals surface area (Å²) in [6.07, 6.45) is 7.78. The van der Waals surface area contributed by atoms with Crippen molar-refractivity contribution in [1.82, 2.24) is 4.90 Å². The van der Waals surface area contributed by atoms with Gasteiger partial charge >= 0.3 is 0 Å². The Morgan fingerprint density at radius 1 is 1.00 bits per heavy atom. The molecule has 0 aliphatic rings. The third-order valence-electron chi connectivity index (χ3n) is 5.94. The van der Waals surface area contributed by atoms with Gasteiger partial charge in [0, 0.05) is 13.1 Å². The third-order valence-corrected chi connectivity index (χ3v) is 5.94. The van der Waals surface area contributed by atoms with Gasteiger partial charge in [0.15, 0.2) is 6.54 Å². The molecule has 0 spiro atoms. The molecule has 0 saturated heterocycles. The highest BCUT2D eigenvalue weighted by Gasteiger charge is 2.23. The number of ether oxygens (including phenoxy) is 1. The first-order chi connectivity index (χ1) is 14.7. The molecule has 0 saturated carbocycles. The van der Waals surface area contributed by atoms with E-state index in [9.17, 15) is 4.79 Å². The van der Waals surface area contributed by atoms with Crippen LogP contribution in [-0.2, 0) is 4.79 Å². The number of carbonyl (C=O) groups excluding carboxylic acids is 1. The number of hydrogen-bond donors (Lipinski definition) is 0. The molecule has 1 aromatic carbocycles. The van der Waals surface area contributed by atoms with Gasteiger partial charge in [0.2, 0.25) is 0 Å². The molecule has 178 valence electrons. The molecule has 0 heterocycles. The molecule has 0 aromatic heterocycles. The van der Waals surface area contributed by atoms with Crippen molar-refractivity contribution in [3.8, 4) is 5.75 Å². The van der Waals surface area contributed by atoms with Crippen molar-refractivity contribution in [3.63, 3.8) is 0 Å². The summed E-state index contributed by atoms with van der Waals surface area (Å²) in [6, 6.07) is 6.51. The van der Waals surface area contributed by atoms with Gasteiger partial charge in [-0.3, -0.25) is 4.79 Å². The van der Waals surface area contributed by atoms with Crippen molar-refractivity contribution in [3.05, 3.63) is 29.3 Å². The van der Waals surface area contributed by atoms with Crippen LogP contribution in [0, 0.1) is 6.92 Å². The maximum atomic E-state index is 12.9. The Morgan fingerprint density at radius 2 is 1.65 bits per heavy atom. The molecule has 0 bridgehead atoms. The Labute approximate surface area is 192 Å². The van der Waals surface area contributed by atoms with E-state index in [0.29, 0.717) is 18.4 Å². The standard InChI is InChI=1S/C27H49N2O2/c1-8-10-17-28(18-11-9-2)27(30)22-29(6,7)19-13-12-14-20-31-26-21-24(5)15-16-25(26)23(3)4/h15-16,21,23H,8-14,17-20,22H2,1-7H3/q+1. The Hall–Kier alpha value is -1.55. The smallest absolute Gasteiger partial charge is 0.277 e. The molecule has 31 heavy (non-hydrogen) atoms. The topological polar surface area (TPSA) is 29.5 Å². The molecule has 0 atom stereocenters. The van der Waals surface area contributed by atoms with E-state index in [1.54, 1.807) is 0 Å². The summed E-state index contributed by atoms with van der Waals surface area (Å²) in [5, 5.41) is 0. The van der Waals surface area contributed by atoms with Gasteiger partial charge in [-0.15, -0.1) is 0 Å². The van der Waals surface area contributed by atoms with Gasteiger partial charge in [0.1, 0.15) is 5.75 Å². The minimum Gasteiger partial charge on any atom is -0.493 e. The first-order valence-electron chi connectivity index (χ1n) is 12.5. The Kier molecular flexibility index (Phi) is 12.9. The summed E-state index contributed by atoms with van der Waals surface area (Å²) in [5.74, 6) is 1.83. The summed E-state index contributed by atoms with van der Waals surface area (Å²) in [5.41, 5.74) is 2.53. The lowest BCUT2D eigenvalue weighted by molar-refractivity contribution is -0.883. The van der Waals surface area contributed by atoms with Gasteiger partial charge in [0.25, 0.3) is 5.91 Å². The molecule has 0 radical (unpaired) electrons. The molecule has 1 amide bonds. The van der Waals surface area contributed by atoms with Crippen LogP contribution in [0.1, 0.15) is 89.7 Å². The van der Waals surface area contributed by atoms with Crippen LogP contribution in [0.15, 0.2) is 18.2 Å². The summed E-state index contributed by atoms with van der Waals surface area (Å²) in [6.45, 7) is 15.1. The molecule has 0 unspecified atom stereocenters. The molecule has 0 N–H and O–H groups in total. The molecule has 0 aliphatic heterocycles. The number of amides is 1. The van der Waals surface area contributed by atoms with Crippen molar-refractivity contribution >= 4 is 5.91 Å². The van der Waals surface area contributed by atoms with E-state index in [1.165, 1.54) is 11.1 Å². The predicted octanol–water partition coefficient (Wildman–Crippen LogP) is 6.17. The van der Waals surface area contributed by atoms with Crippen LogP contribution in [-0.4, -0.2) is 62.2 Å². The van der Waals surface area contributed by atoms with E-state index in [4.69, 9.17) is 4.74 Å². The highest BCUT2D eigenvalue weighted by Crippen LogP contribution is 2.27. The zero-order valence-corrected chi connectivity index (χ0v) is 21.5. The summed E-state index contributed by atoms with van der Waals surface area (Å²) < 4.78 is 6.88. The molecule has 4 nitrogen and oxygen atoms in total. The van der Waals surface area contributed by atoms with Crippen LogP contribution in [0.3, 0.4) is 0 Å². The molecular formula is C27H49N2O2+. The molecule has 0 aliphatic carbocycles. The Bertz CT molecular complexity index is 632. The van der Waals surface area contributed by atoms with E-state index < -0.39 is 0 Å².